The average molecular weight is 457 g/mol. The lowest BCUT2D eigenvalue weighted by molar-refractivity contribution is -0.127. The summed E-state index contributed by atoms with van der Waals surface area (Å²) in [6.07, 6.45) is 7.94. The van der Waals surface area contributed by atoms with E-state index in [-0.39, 0.29) is 23.8 Å². The zero-order valence-electron chi connectivity index (χ0n) is 19.2. The van der Waals surface area contributed by atoms with E-state index < -0.39 is 5.54 Å². The fraction of sp³-hybridized carbons (Fsp3) is 0.560. The lowest BCUT2D eigenvalue weighted by Crippen LogP contribution is -2.65. The Labute approximate surface area is 195 Å². The second kappa shape index (κ2) is 9.26. The molecule has 172 valence electrons. The molecule has 4 rings (SSSR count). The van der Waals surface area contributed by atoms with E-state index in [2.05, 4.69) is 24.3 Å². The predicted octanol–water partition coefficient (Wildman–Crippen LogP) is 5.31. The molecule has 2 aliphatic rings. The maximum atomic E-state index is 13.8. The highest BCUT2D eigenvalue weighted by atomic mass is 35.5. The van der Waals surface area contributed by atoms with Crippen LogP contribution in [-0.2, 0) is 11.3 Å². The third-order valence-corrected chi connectivity index (χ3v) is 7.03. The van der Waals surface area contributed by atoms with Gasteiger partial charge in [0.1, 0.15) is 11.2 Å². The summed E-state index contributed by atoms with van der Waals surface area (Å²) in [5.74, 6) is -0.146. The van der Waals surface area contributed by atoms with Crippen LogP contribution < -0.4 is 10.2 Å². The molecule has 1 aromatic heterocycles. The molecular formula is C25H33ClN4O2. The van der Waals surface area contributed by atoms with Gasteiger partial charge in [0.05, 0.1) is 12.2 Å². The number of carbonyl (C=O) groups excluding carboxylic acids is 2. The van der Waals surface area contributed by atoms with Crippen LogP contribution in [-0.4, -0.2) is 33.2 Å². The number of aromatic nitrogens is 2. The van der Waals surface area contributed by atoms with Gasteiger partial charge in [-0.05, 0) is 56.0 Å². The third-order valence-electron chi connectivity index (χ3n) is 6.78. The fourth-order valence-electron chi connectivity index (χ4n) is 4.82. The van der Waals surface area contributed by atoms with Crippen LogP contribution in [0.4, 0.5) is 5.69 Å². The maximum absolute atomic E-state index is 13.8. The zero-order valence-corrected chi connectivity index (χ0v) is 20.0. The van der Waals surface area contributed by atoms with Gasteiger partial charge in [0.25, 0.3) is 5.91 Å². The van der Waals surface area contributed by atoms with E-state index in [9.17, 15) is 9.59 Å². The molecule has 1 atom stereocenters. The highest BCUT2D eigenvalue weighted by molar-refractivity contribution is 6.30. The Morgan fingerprint density at radius 3 is 2.38 bits per heavy atom. The van der Waals surface area contributed by atoms with Crippen LogP contribution in [0.3, 0.4) is 0 Å². The summed E-state index contributed by atoms with van der Waals surface area (Å²) in [5.41, 5.74) is 0.933. The smallest absolute Gasteiger partial charge is 0.277 e. The van der Waals surface area contributed by atoms with Gasteiger partial charge >= 0.3 is 0 Å². The summed E-state index contributed by atoms with van der Waals surface area (Å²) >= 11 is 6.10. The molecule has 32 heavy (non-hydrogen) atoms. The van der Waals surface area contributed by atoms with Gasteiger partial charge in [0.15, 0.2) is 0 Å². The highest BCUT2D eigenvalue weighted by Gasteiger charge is 2.49. The minimum absolute atomic E-state index is 0.126. The molecule has 1 aromatic carbocycles. The molecular weight excluding hydrogens is 424 g/mol. The van der Waals surface area contributed by atoms with E-state index in [1.165, 1.54) is 19.3 Å². The molecule has 1 saturated carbocycles. The molecule has 2 heterocycles. The van der Waals surface area contributed by atoms with E-state index in [0.29, 0.717) is 22.9 Å². The number of nitrogens with zero attached hydrogens (tertiary/aromatic N) is 3. The highest BCUT2D eigenvalue weighted by Crippen LogP contribution is 2.34. The van der Waals surface area contributed by atoms with E-state index in [4.69, 9.17) is 11.6 Å². The Balaban J connectivity index is 1.70. The van der Waals surface area contributed by atoms with Crippen molar-refractivity contribution in [2.45, 2.75) is 89.8 Å². The number of carbonyl (C=O) groups is 2. The van der Waals surface area contributed by atoms with Crippen molar-refractivity contribution in [2.24, 2.45) is 0 Å². The number of rotatable bonds is 4. The molecule has 1 aliphatic carbocycles. The van der Waals surface area contributed by atoms with Crippen LogP contribution in [0.15, 0.2) is 30.3 Å². The predicted molar refractivity (Wildman–Crippen MR) is 127 cm³/mol. The molecule has 2 aromatic rings. The Hall–Kier alpha value is -2.34. The minimum Gasteiger partial charge on any atom is -0.351 e. The number of hydrogen-bond acceptors (Lipinski definition) is 3. The van der Waals surface area contributed by atoms with Crippen molar-refractivity contribution in [2.75, 3.05) is 4.90 Å². The summed E-state index contributed by atoms with van der Waals surface area (Å²) < 4.78 is 1.71. The maximum Gasteiger partial charge on any atom is 0.277 e. The quantitative estimate of drug-likeness (QED) is 0.678. The van der Waals surface area contributed by atoms with Crippen LogP contribution in [0.1, 0.15) is 87.8 Å². The lowest BCUT2D eigenvalue weighted by atomic mass is 9.91. The molecule has 7 heteroatoms. The zero-order chi connectivity index (χ0) is 22.9. The molecule has 0 bridgehead atoms. The second-order valence-corrected chi connectivity index (χ2v) is 10.1. The van der Waals surface area contributed by atoms with Gasteiger partial charge in [-0.25, -0.2) is 0 Å². The van der Waals surface area contributed by atoms with Crippen LogP contribution >= 0.6 is 11.6 Å². The Morgan fingerprint density at radius 1 is 1.12 bits per heavy atom. The SMILES string of the molecule is CC(C)c1cc2n(n1)C[C@](C)(C(=O)NC1CCCCCCC1)N(c1ccc(Cl)cc1)C2=O. The number of amides is 2. The van der Waals surface area contributed by atoms with Crippen molar-refractivity contribution in [3.63, 3.8) is 0 Å². The molecule has 6 nitrogen and oxygen atoms in total. The van der Waals surface area contributed by atoms with E-state index in [0.717, 1.165) is 31.4 Å². The van der Waals surface area contributed by atoms with Crippen molar-refractivity contribution < 1.29 is 9.59 Å². The van der Waals surface area contributed by atoms with E-state index >= 15 is 0 Å². The van der Waals surface area contributed by atoms with Crippen molar-refractivity contribution in [1.82, 2.24) is 15.1 Å². The van der Waals surface area contributed by atoms with Crippen molar-refractivity contribution >= 4 is 29.1 Å². The summed E-state index contributed by atoms with van der Waals surface area (Å²) in [6.45, 7) is 6.26. The topological polar surface area (TPSA) is 67.2 Å². The van der Waals surface area contributed by atoms with Crippen molar-refractivity contribution in [1.29, 1.82) is 0 Å². The first-order chi connectivity index (χ1) is 15.3. The van der Waals surface area contributed by atoms with Crippen LogP contribution in [0.25, 0.3) is 0 Å². The number of nitrogens with one attached hydrogen (secondary N) is 1. The first kappa shape index (κ1) is 22.8. The van der Waals surface area contributed by atoms with Gasteiger partial charge in [-0.3, -0.25) is 19.2 Å². The Bertz CT molecular complexity index is 976. The number of anilines is 1. The molecule has 2 amide bonds. The number of benzene rings is 1. The number of fused-ring (bicyclic) bond motifs is 1. The van der Waals surface area contributed by atoms with Gasteiger partial charge < -0.3 is 5.32 Å². The molecule has 0 spiro atoms. The van der Waals surface area contributed by atoms with Crippen LogP contribution in [0.5, 0.6) is 0 Å². The molecule has 1 N–H and O–H groups in total. The molecule has 0 unspecified atom stereocenters. The molecule has 1 aliphatic heterocycles. The molecule has 1 fully saturated rings. The summed E-state index contributed by atoms with van der Waals surface area (Å²) in [6, 6.07) is 9.11. The lowest BCUT2D eigenvalue weighted by Gasteiger charge is -2.43. The average Bonchev–Trinajstić information content (AvgIpc) is 3.15. The van der Waals surface area contributed by atoms with Gasteiger partial charge in [0, 0.05) is 16.8 Å². The monoisotopic (exact) mass is 456 g/mol. The van der Waals surface area contributed by atoms with Gasteiger partial charge in [-0.1, -0.05) is 57.6 Å². The fourth-order valence-corrected chi connectivity index (χ4v) is 4.95. The Kier molecular flexibility index (Phi) is 6.61. The van der Waals surface area contributed by atoms with Crippen LogP contribution in [0.2, 0.25) is 5.02 Å². The van der Waals surface area contributed by atoms with Crippen molar-refractivity contribution in [3.05, 3.63) is 46.7 Å². The minimum atomic E-state index is -1.10. The number of halogens is 1. The standard InChI is InChI=1S/C25H33ClN4O2/c1-17(2)21-15-22-23(31)30(20-13-11-18(26)12-14-20)25(3,16-29(22)28-21)24(32)27-19-9-7-5-4-6-8-10-19/h11-15,17,19H,4-10,16H2,1-3H3,(H,27,32)/t25-/m1/s1. The van der Waals surface area contributed by atoms with Gasteiger partial charge in [0.2, 0.25) is 5.91 Å². The van der Waals surface area contributed by atoms with Gasteiger partial charge in [-0.15, -0.1) is 0 Å². The van der Waals surface area contributed by atoms with E-state index in [1.807, 2.05) is 13.0 Å². The third kappa shape index (κ3) is 4.42. The van der Waals surface area contributed by atoms with Gasteiger partial charge in [-0.2, -0.15) is 5.10 Å². The van der Waals surface area contributed by atoms with E-state index in [1.54, 1.807) is 33.8 Å². The molecule has 0 radical (unpaired) electrons. The normalized spacial score (nSPS) is 22.4. The second-order valence-electron chi connectivity index (χ2n) is 9.67. The summed E-state index contributed by atoms with van der Waals surface area (Å²) in [7, 11) is 0. The number of hydrogen-bond donors (Lipinski definition) is 1. The first-order valence-electron chi connectivity index (χ1n) is 11.8. The summed E-state index contributed by atoms with van der Waals surface area (Å²) in [5, 5.41) is 8.54. The Morgan fingerprint density at radius 2 is 1.75 bits per heavy atom. The van der Waals surface area contributed by atoms with Crippen molar-refractivity contribution in [3.8, 4) is 0 Å². The summed E-state index contributed by atoms with van der Waals surface area (Å²) in [4.78, 5) is 29.1. The van der Waals surface area contributed by atoms with Crippen LogP contribution in [0, 0.1) is 0 Å². The largest absolute Gasteiger partial charge is 0.351 e. The first-order valence-corrected chi connectivity index (χ1v) is 12.2. The molecule has 0 saturated heterocycles.